The summed E-state index contributed by atoms with van der Waals surface area (Å²) in [5, 5.41) is 6.86. The minimum atomic E-state index is 0.594. The number of fused-ring (bicyclic) bond motifs is 1. The van der Waals surface area contributed by atoms with Gasteiger partial charge >= 0.3 is 0 Å². The van der Waals surface area contributed by atoms with Crippen LogP contribution in [-0.2, 0) is 5.75 Å². The number of nitrogens with zero attached hydrogens (tertiary/aromatic N) is 3. The summed E-state index contributed by atoms with van der Waals surface area (Å²) in [6.45, 7) is 2.07. The van der Waals surface area contributed by atoms with Gasteiger partial charge in [0, 0.05) is 0 Å². The van der Waals surface area contributed by atoms with E-state index in [-0.39, 0.29) is 0 Å². The number of H-pyrrole nitrogens is 1. The molecule has 3 aromatic heterocycles. The Morgan fingerprint density at radius 2 is 2.23 bits per heavy atom. The maximum absolute atomic E-state index is 5.29. The molecule has 3 heterocycles. The quantitative estimate of drug-likeness (QED) is 0.566. The first kappa shape index (κ1) is 13.5. The van der Waals surface area contributed by atoms with Crippen molar-refractivity contribution in [3.05, 3.63) is 47.2 Å². The molecule has 0 atom stereocenters. The maximum atomic E-state index is 5.29. The summed E-state index contributed by atoms with van der Waals surface area (Å²) in [7, 11) is 0. The topological polar surface area (TPSA) is 67.6 Å². The molecule has 0 saturated carbocycles. The third-order valence-electron chi connectivity index (χ3n) is 3.16. The van der Waals surface area contributed by atoms with Crippen LogP contribution >= 0.6 is 23.1 Å². The molecule has 4 rings (SSSR count). The van der Waals surface area contributed by atoms with Gasteiger partial charge in [0.15, 0.2) is 5.16 Å². The maximum Gasteiger partial charge on any atom is 0.237 e. The van der Waals surface area contributed by atoms with E-state index < -0.39 is 0 Å². The Morgan fingerprint density at radius 3 is 3.09 bits per heavy atom. The minimum absolute atomic E-state index is 0.594. The van der Waals surface area contributed by atoms with Crippen LogP contribution in [0.5, 0.6) is 0 Å². The summed E-state index contributed by atoms with van der Waals surface area (Å²) in [6.07, 6.45) is 0. The summed E-state index contributed by atoms with van der Waals surface area (Å²) in [5.41, 5.74) is 3.23. The van der Waals surface area contributed by atoms with Gasteiger partial charge in [0.1, 0.15) is 0 Å². The first-order valence-electron chi connectivity index (χ1n) is 6.73. The van der Waals surface area contributed by atoms with Crippen LogP contribution in [-0.4, -0.2) is 20.1 Å². The van der Waals surface area contributed by atoms with E-state index in [1.165, 1.54) is 5.56 Å². The lowest BCUT2D eigenvalue weighted by molar-refractivity contribution is 0.391. The first-order valence-corrected chi connectivity index (χ1v) is 8.60. The third-order valence-corrected chi connectivity index (χ3v) is 4.88. The number of rotatable bonds is 4. The lowest BCUT2D eigenvalue weighted by Crippen LogP contribution is -1.82. The second kappa shape index (κ2) is 5.58. The molecule has 0 amide bonds. The fourth-order valence-corrected chi connectivity index (χ4v) is 3.49. The molecule has 1 N–H and O–H groups in total. The number of hydrogen-bond donors (Lipinski definition) is 1. The van der Waals surface area contributed by atoms with E-state index in [2.05, 4.69) is 39.2 Å². The monoisotopic (exact) mass is 328 g/mol. The van der Waals surface area contributed by atoms with Crippen molar-refractivity contribution in [3.8, 4) is 10.7 Å². The highest BCUT2D eigenvalue weighted by atomic mass is 32.2. The zero-order chi connectivity index (χ0) is 14.9. The number of thiophene rings is 1. The lowest BCUT2D eigenvalue weighted by Gasteiger charge is -1.91. The van der Waals surface area contributed by atoms with Gasteiger partial charge in [0.05, 0.1) is 21.7 Å². The van der Waals surface area contributed by atoms with Crippen molar-refractivity contribution in [1.29, 1.82) is 0 Å². The fourth-order valence-electron chi connectivity index (χ4n) is 2.12. The minimum Gasteiger partial charge on any atom is -0.338 e. The molecule has 0 fully saturated rings. The molecule has 110 valence electrons. The van der Waals surface area contributed by atoms with Crippen LogP contribution < -0.4 is 0 Å². The molecule has 22 heavy (non-hydrogen) atoms. The molecule has 0 saturated heterocycles. The molecule has 1 aromatic carbocycles. The second-order valence-corrected chi connectivity index (χ2v) is 6.75. The Hall–Kier alpha value is -2.12. The Morgan fingerprint density at radius 1 is 1.27 bits per heavy atom. The van der Waals surface area contributed by atoms with Gasteiger partial charge in [-0.1, -0.05) is 29.1 Å². The van der Waals surface area contributed by atoms with E-state index in [0.29, 0.717) is 17.5 Å². The number of benzene rings is 1. The molecule has 0 aliphatic heterocycles. The van der Waals surface area contributed by atoms with E-state index in [9.17, 15) is 0 Å². The van der Waals surface area contributed by atoms with Crippen LogP contribution in [0.2, 0.25) is 0 Å². The summed E-state index contributed by atoms with van der Waals surface area (Å²) < 4.78 is 5.29. The zero-order valence-electron chi connectivity index (χ0n) is 11.7. The van der Waals surface area contributed by atoms with Crippen molar-refractivity contribution >= 4 is 34.1 Å². The number of imidazole rings is 1. The number of aryl methyl sites for hydroxylation is 1. The standard InChI is InChI=1S/C15H12N4OS2/c1-9-4-5-10-11(7-9)17-15(16-10)22-8-13-18-14(19-20-13)12-3-2-6-21-12/h2-7H,8H2,1H3,(H,16,17). The fraction of sp³-hybridized carbons (Fsp3) is 0.133. The van der Waals surface area contributed by atoms with Crippen LogP contribution in [0, 0.1) is 6.92 Å². The second-order valence-electron chi connectivity index (χ2n) is 4.84. The van der Waals surface area contributed by atoms with Crippen molar-refractivity contribution < 1.29 is 4.52 Å². The Labute approximate surface area is 134 Å². The van der Waals surface area contributed by atoms with Gasteiger partial charge in [-0.15, -0.1) is 11.3 Å². The van der Waals surface area contributed by atoms with E-state index in [1.54, 1.807) is 23.1 Å². The molecule has 7 heteroatoms. The van der Waals surface area contributed by atoms with Gasteiger partial charge in [-0.2, -0.15) is 4.98 Å². The predicted molar refractivity (Wildman–Crippen MR) is 88.0 cm³/mol. The molecule has 0 radical (unpaired) electrons. The highest BCUT2D eigenvalue weighted by molar-refractivity contribution is 7.98. The predicted octanol–water partition coefficient (Wildman–Crippen LogP) is 4.28. The highest BCUT2D eigenvalue weighted by Crippen LogP contribution is 2.25. The molecule has 5 nitrogen and oxygen atoms in total. The third kappa shape index (κ3) is 2.65. The van der Waals surface area contributed by atoms with E-state index in [4.69, 9.17) is 4.52 Å². The van der Waals surface area contributed by atoms with E-state index in [1.807, 2.05) is 23.6 Å². The number of thioether (sulfide) groups is 1. The van der Waals surface area contributed by atoms with Crippen molar-refractivity contribution in [1.82, 2.24) is 20.1 Å². The molecular weight excluding hydrogens is 316 g/mol. The lowest BCUT2D eigenvalue weighted by atomic mass is 10.2. The van der Waals surface area contributed by atoms with Crippen LogP contribution in [0.3, 0.4) is 0 Å². The molecule has 0 aliphatic rings. The van der Waals surface area contributed by atoms with Gasteiger partial charge in [-0.05, 0) is 36.1 Å². The van der Waals surface area contributed by atoms with Gasteiger partial charge in [0.2, 0.25) is 11.7 Å². The average molecular weight is 328 g/mol. The molecule has 4 aromatic rings. The van der Waals surface area contributed by atoms with Crippen molar-refractivity contribution in [2.45, 2.75) is 17.8 Å². The number of nitrogens with one attached hydrogen (secondary N) is 1. The van der Waals surface area contributed by atoms with Crippen molar-refractivity contribution in [2.24, 2.45) is 0 Å². The number of aromatic amines is 1. The molecule has 0 unspecified atom stereocenters. The molecular formula is C15H12N4OS2. The molecule has 0 spiro atoms. The molecule has 0 bridgehead atoms. The smallest absolute Gasteiger partial charge is 0.237 e. The molecule has 0 aliphatic carbocycles. The van der Waals surface area contributed by atoms with Crippen LogP contribution in [0.1, 0.15) is 11.5 Å². The van der Waals surface area contributed by atoms with Gasteiger partial charge < -0.3 is 9.51 Å². The van der Waals surface area contributed by atoms with Gasteiger partial charge in [-0.25, -0.2) is 4.98 Å². The van der Waals surface area contributed by atoms with Crippen molar-refractivity contribution in [3.63, 3.8) is 0 Å². The highest BCUT2D eigenvalue weighted by Gasteiger charge is 2.11. The summed E-state index contributed by atoms with van der Waals surface area (Å²) >= 11 is 3.15. The Bertz CT molecular complexity index is 911. The SMILES string of the molecule is Cc1ccc2nc(SCc3nc(-c4cccs4)no3)[nH]c2c1. The summed E-state index contributed by atoms with van der Waals surface area (Å²) in [6, 6.07) is 10.1. The Kier molecular flexibility index (Phi) is 3.44. The number of hydrogen-bond acceptors (Lipinski definition) is 6. The van der Waals surface area contributed by atoms with Gasteiger partial charge in [-0.3, -0.25) is 0 Å². The summed E-state index contributed by atoms with van der Waals surface area (Å²) in [4.78, 5) is 13.3. The van der Waals surface area contributed by atoms with E-state index >= 15 is 0 Å². The van der Waals surface area contributed by atoms with Crippen LogP contribution in [0.15, 0.2) is 45.4 Å². The van der Waals surface area contributed by atoms with Gasteiger partial charge in [0.25, 0.3) is 0 Å². The van der Waals surface area contributed by atoms with Crippen molar-refractivity contribution in [2.75, 3.05) is 0 Å². The summed E-state index contributed by atoms with van der Waals surface area (Å²) in [5.74, 6) is 1.84. The van der Waals surface area contributed by atoms with E-state index in [0.717, 1.165) is 21.1 Å². The Balaban J connectivity index is 1.49. The van der Waals surface area contributed by atoms with Crippen LogP contribution in [0.25, 0.3) is 21.7 Å². The average Bonchev–Trinajstić information content (AvgIpc) is 3.24. The number of aromatic nitrogens is 4. The first-order chi connectivity index (χ1) is 10.8. The zero-order valence-corrected chi connectivity index (χ0v) is 13.4. The largest absolute Gasteiger partial charge is 0.338 e. The normalized spacial score (nSPS) is 11.3. The van der Waals surface area contributed by atoms with Crippen LogP contribution in [0.4, 0.5) is 0 Å².